The number of hydrogen-bond donors (Lipinski definition) is 0. The third kappa shape index (κ3) is 3.21. The van der Waals surface area contributed by atoms with Crippen LogP contribution in [0.15, 0.2) is 0 Å². The minimum Gasteiger partial charge on any atom is -0.366 e. The van der Waals surface area contributed by atoms with Crippen LogP contribution in [0.4, 0.5) is 0 Å². The predicted molar refractivity (Wildman–Crippen MR) is 56.1 cm³/mol. The van der Waals surface area contributed by atoms with Gasteiger partial charge in [-0.25, -0.2) is 0 Å². The quantitative estimate of drug-likeness (QED) is 0.655. The van der Waals surface area contributed by atoms with Crippen molar-refractivity contribution in [1.29, 1.82) is 5.26 Å². The van der Waals surface area contributed by atoms with Crippen LogP contribution in [-0.4, -0.2) is 35.1 Å². The van der Waals surface area contributed by atoms with Crippen LogP contribution in [0.25, 0.3) is 0 Å². The first-order valence-corrected chi connectivity index (χ1v) is 5.11. The summed E-state index contributed by atoms with van der Waals surface area (Å²) in [5, 5.41) is 8.50. The number of carbonyl (C=O) groups excluding carboxylic acids is 1. The number of rotatable bonds is 1. The minimum absolute atomic E-state index is 0.0494. The number of ether oxygens (including phenoxy) is 1. The molecule has 0 aromatic rings. The fourth-order valence-corrected chi connectivity index (χ4v) is 2.14. The fourth-order valence-electron chi connectivity index (χ4n) is 2.14. The molecule has 1 saturated heterocycles. The van der Waals surface area contributed by atoms with E-state index in [1.165, 1.54) is 0 Å². The lowest BCUT2D eigenvalue weighted by Gasteiger charge is -2.47. The summed E-state index contributed by atoms with van der Waals surface area (Å²) in [6.45, 7) is 8.94. The second-order valence-corrected chi connectivity index (χ2v) is 5.21. The molecule has 0 aliphatic carbocycles. The Labute approximate surface area is 90.8 Å². The van der Waals surface area contributed by atoms with Gasteiger partial charge in [0.1, 0.15) is 6.42 Å². The van der Waals surface area contributed by atoms with Gasteiger partial charge in [-0.15, -0.1) is 0 Å². The number of nitrogens with zero attached hydrogens (tertiary/aromatic N) is 2. The first kappa shape index (κ1) is 12.0. The van der Waals surface area contributed by atoms with Gasteiger partial charge in [0.25, 0.3) is 0 Å². The summed E-state index contributed by atoms with van der Waals surface area (Å²) in [5.41, 5.74) is -0.681. The SMILES string of the molecule is CC1(C)CN(C(=O)CC#N)CC(C)(C)O1. The number of hydrogen-bond acceptors (Lipinski definition) is 3. The lowest BCUT2D eigenvalue weighted by Crippen LogP contribution is -2.58. The number of carbonyl (C=O) groups is 1. The van der Waals surface area contributed by atoms with Crippen LogP contribution in [0.2, 0.25) is 0 Å². The first-order valence-electron chi connectivity index (χ1n) is 5.11. The maximum absolute atomic E-state index is 11.6. The van der Waals surface area contributed by atoms with Crippen molar-refractivity contribution >= 4 is 5.91 Å². The maximum atomic E-state index is 11.6. The van der Waals surface area contributed by atoms with Gasteiger partial charge >= 0.3 is 0 Å². The lowest BCUT2D eigenvalue weighted by molar-refractivity contribution is -0.187. The highest BCUT2D eigenvalue weighted by Gasteiger charge is 2.39. The van der Waals surface area contributed by atoms with E-state index >= 15 is 0 Å². The van der Waals surface area contributed by atoms with Gasteiger partial charge in [0, 0.05) is 13.1 Å². The molecule has 0 bridgehead atoms. The normalized spacial score (nSPS) is 23.3. The van der Waals surface area contributed by atoms with E-state index in [4.69, 9.17) is 10.00 Å². The smallest absolute Gasteiger partial charge is 0.236 e. The van der Waals surface area contributed by atoms with E-state index in [2.05, 4.69) is 0 Å². The molecular weight excluding hydrogens is 192 g/mol. The van der Waals surface area contributed by atoms with Gasteiger partial charge in [0.05, 0.1) is 17.3 Å². The minimum atomic E-state index is -0.340. The molecule has 84 valence electrons. The maximum Gasteiger partial charge on any atom is 0.236 e. The Morgan fingerprint density at radius 3 is 2.20 bits per heavy atom. The molecule has 0 N–H and O–H groups in total. The molecule has 1 amide bonds. The molecular formula is C11H18N2O2. The monoisotopic (exact) mass is 210 g/mol. The Morgan fingerprint density at radius 2 is 1.80 bits per heavy atom. The zero-order valence-electron chi connectivity index (χ0n) is 9.83. The largest absolute Gasteiger partial charge is 0.366 e. The van der Waals surface area contributed by atoms with E-state index in [9.17, 15) is 4.79 Å². The van der Waals surface area contributed by atoms with Crippen molar-refractivity contribution in [2.75, 3.05) is 13.1 Å². The second kappa shape index (κ2) is 3.82. The molecule has 0 aromatic carbocycles. The molecule has 1 heterocycles. The van der Waals surface area contributed by atoms with E-state index in [1.54, 1.807) is 4.90 Å². The molecule has 1 aliphatic rings. The molecule has 0 radical (unpaired) electrons. The Kier molecular flexibility index (Phi) is 3.05. The van der Waals surface area contributed by atoms with Gasteiger partial charge < -0.3 is 9.64 Å². The fraction of sp³-hybridized carbons (Fsp3) is 0.818. The number of nitriles is 1. The van der Waals surface area contributed by atoms with Gasteiger partial charge in [0.15, 0.2) is 0 Å². The molecule has 1 aliphatic heterocycles. The van der Waals surface area contributed by atoms with Crippen LogP contribution < -0.4 is 0 Å². The van der Waals surface area contributed by atoms with Crippen LogP contribution in [0.5, 0.6) is 0 Å². The van der Waals surface area contributed by atoms with Crippen molar-refractivity contribution in [2.24, 2.45) is 0 Å². The summed E-state index contributed by atoms with van der Waals surface area (Å²) < 4.78 is 5.84. The molecule has 0 aromatic heterocycles. The van der Waals surface area contributed by atoms with E-state index in [0.29, 0.717) is 13.1 Å². The van der Waals surface area contributed by atoms with Gasteiger partial charge in [-0.05, 0) is 27.7 Å². The average Bonchev–Trinajstić information content (AvgIpc) is 1.98. The van der Waals surface area contributed by atoms with Gasteiger partial charge in [0.2, 0.25) is 5.91 Å². The standard InChI is InChI=1S/C11H18N2O2/c1-10(2)7-13(9(14)5-6-12)8-11(3,4)15-10/h5,7-8H2,1-4H3. The van der Waals surface area contributed by atoms with Crippen LogP contribution >= 0.6 is 0 Å². The summed E-state index contributed by atoms with van der Waals surface area (Å²) in [6, 6.07) is 1.89. The molecule has 1 fully saturated rings. The Bertz CT molecular complexity index is 286. The van der Waals surface area contributed by atoms with Crippen LogP contribution in [-0.2, 0) is 9.53 Å². The third-order valence-corrected chi connectivity index (χ3v) is 2.28. The van der Waals surface area contributed by atoms with Crippen molar-refractivity contribution < 1.29 is 9.53 Å². The summed E-state index contributed by atoms with van der Waals surface area (Å²) in [7, 11) is 0. The average molecular weight is 210 g/mol. The molecule has 0 unspecified atom stereocenters. The topological polar surface area (TPSA) is 53.3 Å². The van der Waals surface area contributed by atoms with Crippen LogP contribution in [0.1, 0.15) is 34.1 Å². The number of morpholine rings is 1. The highest BCUT2D eigenvalue weighted by atomic mass is 16.5. The van der Waals surface area contributed by atoms with Crippen molar-refractivity contribution in [1.82, 2.24) is 4.90 Å². The summed E-state index contributed by atoms with van der Waals surface area (Å²) in [5.74, 6) is -0.109. The van der Waals surface area contributed by atoms with E-state index in [1.807, 2.05) is 33.8 Å². The lowest BCUT2D eigenvalue weighted by atomic mass is 9.99. The predicted octanol–water partition coefficient (Wildman–Crippen LogP) is 1.32. The highest BCUT2D eigenvalue weighted by Crippen LogP contribution is 2.28. The first-order chi connectivity index (χ1) is 6.76. The Hall–Kier alpha value is -1.08. The summed E-state index contributed by atoms with van der Waals surface area (Å²) >= 11 is 0. The van der Waals surface area contributed by atoms with E-state index in [0.717, 1.165) is 0 Å². The summed E-state index contributed by atoms with van der Waals surface area (Å²) in [4.78, 5) is 13.3. The molecule has 0 atom stereocenters. The van der Waals surface area contributed by atoms with Crippen LogP contribution in [0.3, 0.4) is 0 Å². The third-order valence-electron chi connectivity index (χ3n) is 2.28. The van der Waals surface area contributed by atoms with Crippen molar-refractivity contribution in [3.63, 3.8) is 0 Å². The van der Waals surface area contributed by atoms with Crippen molar-refractivity contribution in [2.45, 2.75) is 45.3 Å². The molecule has 15 heavy (non-hydrogen) atoms. The zero-order valence-corrected chi connectivity index (χ0v) is 9.83. The zero-order chi connectivity index (χ0) is 11.7. The van der Waals surface area contributed by atoms with Gasteiger partial charge in [-0.3, -0.25) is 4.79 Å². The number of amides is 1. The molecule has 0 spiro atoms. The van der Waals surface area contributed by atoms with Crippen LogP contribution in [0, 0.1) is 11.3 Å². The van der Waals surface area contributed by atoms with Crippen molar-refractivity contribution in [3.8, 4) is 6.07 Å². The molecule has 1 rings (SSSR count). The Morgan fingerprint density at radius 1 is 1.33 bits per heavy atom. The van der Waals surface area contributed by atoms with Crippen molar-refractivity contribution in [3.05, 3.63) is 0 Å². The summed E-state index contributed by atoms with van der Waals surface area (Å²) in [6.07, 6.45) is -0.0494. The van der Waals surface area contributed by atoms with Gasteiger partial charge in [-0.2, -0.15) is 5.26 Å². The molecule has 4 heteroatoms. The van der Waals surface area contributed by atoms with Gasteiger partial charge in [-0.1, -0.05) is 0 Å². The molecule has 0 saturated carbocycles. The highest BCUT2D eigenvalue weighted by molar-refractivity contribution is 5.78. The van der Waals surface area contributed by atoms with E-state index < -0.39 is 0 Å². The molecule has 4 nitrogen and oxygen atoms in total. The Balaban J connectivity index is 2.76. The van der Waals surface area contributed by atoms with E-state index in [-0.39, 0.29) is 23.5 Å². The second-order valence-electron chi connectivity index (χ2n) is 5.21.